The maximum absolute atomic E-state index is 12.7. The summed E-state index contributed by atoms with van der Waals surface area (Å²) in [4.78, 5) is 17.0. The molecule has 2 aliphatic rings. The molecule has 0 saturated carbocycles. The number of aliphatic hydroxyl groups excluding tert-OH is 1. The molecule has 2 unspecified atom stereocenters. The molecule has 2 saturated heterocycles. The summed E-state index contributed by atoms with van der Waals surface area (Å²) in [5.41, 5.74) is 1.66. The first-order chi connectivity index (χ1) is 14.8. The molecule has 166 valence electrons. The van der Waals surface area contributed by atoms with Crippen molar-refractivity contribution in [1.29, 1.82) is 0 Å². The van der Waals surface area contributed by atoms with Crippen LogP contribution in [0.2, 0.25) is 0 Å². The molecule has 5 heteroatoms. The van der Waals surface area contributed by atoms with Crippen molar-refractivity contribution >= 4 is 6.09 Å². The Balaban J connectivity index is 1.57. The number of carbonyl (C=O) groups is 1. The van der Waals surface area contributed by atoms with E-state index in [0.717, 1.165) is 19.5 Å². The SMILES string of the molecule is CC(C)(C)OC(=O)N1CCC(O)C2(CCN(C(c3ccccc3)c3ccccc3)C2)C1. The van der Waals surface area contributed by atoms with Gasteiger partial charge in [-0.2, -0.15) is 0 Å². The van der Waals surface area contributed by atoms with Gasteiger partial charge in [0.05, 0.1) is 12.1 Å². The summed E-state index contributed by atoms with van der Waals surface area (Å²) < 4.78 is 5.62. The lowest BCUT2D eigenvalue weighted by Gasteiger charge is -2.44. The summed E-state index contributed by atoms with van der Waals surface area (Å²) in [6.07, 6.45) is 0.765. The Hall–Kier alpha value is -2.37. The van der Waals surface area contributed by atoms with Crippen LogP contribution in [0, 0.1) is 5.41 Å². The number of aliphatic hydroxyl groups is 1. The zero-order valence-electron chi connectivity index (χ0n) is 18.8. The molecule has 0 radical (unpaired) electrons. The van der Waals surface area contributed by atoms with E-state index in [1.165, 1.54) is 11.1 Å². The molecule has 0 bridgehead atoms. The van der Waals surface area contributed by atoms with Crippen LogP contribution in [0.25, 0.3) is 0 Å². The highest BCUT2D eigenvalue weighted by Gasteiger charge is 2.50. The number of nitrogens with zero attached hydrogens (tertiary/aromatic N) is 2. The van der Waals surface area contributed by atoms with Gasteiger partial charge in [-0.3, -0.25) is 4.90 Å². The molecule has 2 aliphatic heterocycles. The minimum atomic E-state index is -0.520. The van der Waals surface area contributed by atoms with E-state index >= 15 is 0 Å². The lowest BCUT2D eigenvalue weighted by Crippen LogP contribution is -2.55. The Bertz CT molecular complexity index is 841. The largest absolute Gasteiger partial charge is 0.444 e. The van der Waals surface area contributed by atoms with E-state index in [4.69, 9.17) is 4.74 Å². The van der Waals surface area contributed by atoms with Crippen molar-refractivity contribution in [2.75, 3.05) is 26.2 Å². The summed E-state index contributed by atoms with van der Waals surface area (Å²) in [6.45, 7) is 8.38. The van der Waals surface area contributed by atoms with Crippen molar-refractivity contribution < 1.29 is 14.6 Å². The third-order valence-corrected chi connectivity index (χ3v) is 6.55. The highest BCUT2D eigenvalue weighted by molar-refractivity contribution is 5.68. The Morgan fingerprint density at radius 1 is 1.00 bits per heavy atom. The summed E-state index contributed by atoms with van der Waals surface area (Å²) >= 11 is 0. The first-order valence-electron chi connectivity index (χ1n) is 11.3. The highest BCUT2D eigenvalue weighted by Crippen LogP contribution is 2.44. The van der Waals surface area contributed by atoms with Crippen LogP contribution < -0.4 is 0 Å². The number of benzene rings is 2. The quantitative estimate of drug-likeness (QED) is 0.793. The normalized spacial score (nSPS) is 24.7. The maximum Gasteiger partial charge on any atom is 0.410 e. The van der Waals surface area contributed by atoms with Crippen molar-refractivity contribution in [3.8, 4) is 0 Å². The van der Waals surface area contributed by atoms with Crippen LogP contribution in [0.5, 0.6) is 0 Å². The topological polar surface area (TPSA) is 53.0 Å². The van der Waals surface area contributed by atoms with Crippen LogP contribution in [-0.2, 0) is 4.74 Å². The summed E-state index contributed by atoms with van der Waals surface area (Å²) in [6, 6.07) is 21.2. The third-order valence-electron chi connectivity index (χ3n) is 6.55. The first-order valence-corrected chi connectivity index (χ1v) is 11.3. The minimum Gasteiger partial charge on any atom is -0.444 e. The second-order valence-electron chi connectivity index (χ2n) is 10.0. The van der Waals surface area contributed by atoms with Crippen LogP contribution >= 0.6 is 0 Å². The zero-order chi connectivity index (χ0) is 22.1. The van der Waals surface area contributed by atoms with Gasteiger partial charge in [0.25, 0.3) is 0 Å². The van der Waals surface area contributed by atoms with E-state index in [2.05, 4.69) is 53.4 Å². The van der Waals surface area contributed by atoms with Gasteiger partial charge < -0.3 is 14.7 Å². The van der Waals surface area contributed by atoms with E-state index in [9.17, 15) is 9.90 Å². The second kappa shape index (κ2) is 8.64. The minimum absolute atomic E-state index is 0.130. The molecule has 0 aliphatic carbocycles. The van der Waals surface area contributed by atoms with Crippen molar-refractivity contribution in [2.45, 2.75) is 51.4 Å². The van der Waals surface area contributed by atoms with E-state index < -0.39 is 11.7 Å². The van der Waals surface area contributed by atoms with Gasteiger partial charge in [0.1, 0.15) is 5.60 Å². The van der Waals surface area contributed by atoms with Gasteiger partial charge in [0.15, 0.2) is 0 Å². The summed E-state index contributed by atoms with van der Waals surface area (Å²) in [5.74, 6) is 0. The number of piperidine rings is 1. The van der Waals surface area contributed by atoms with E-state index in [1.54, 1.807) is 4.90 Å². The Morgan fingerprint density at radius 2 is 1.58 bits per heavy atom. The number of carbonyl (C=O) groups excluding carboxylic acids is 1. The predicted octanol–water partition coefficient (Wildman–Crippen LogP) is 4.47. The van der Waals surface area contributed by atoms with Gasteiger partial charge in [-0.1, -0.05) is 60.7 Å². The number of ether oxygens (including phenoxy) is 1. The number of hydrogen-bond acceptors (Lipinski definition) is 4. The Morgan fingerprint density at radius 3 is 2.13 bits per heavy atom. The molecule has 1 N–H and O–H groups in total. The van der Waals surface area contributed by atoms with Crippen molar-refractivity contribution in [3.63, 3.8) is 0 Å². The third kappa shape index (κ3) is 4.78. The molecule has 1 amide bonds. The molecule has 0 aromatic heterocycles. The Kier molecular flexibility index (Phi) is 6.09. The molecule has 4 rings (SSSR count). The number of likely N-dealkylation sites (tertiary alicyclic amines) is 2. The van der Waals surface area contributed by atoms with E-state index in [1.807, 2.05) is 32.9 Å². The van der Waals surface area contributed by atoms with Gasteiger partial charge in [0, 0.05) is 25.0 Å². The monoisotopic (exact) mass is 422 g/mol. The fourth-order valence-electron chi connectivity index (χ4n) is 5.07. The molecule has 2 fully saturated rings. The molecular formula is C26H34N2O3. The van der Waals surface area contributed by atoms with Crippen LogP contribution in [0.15, 0.2) is 60.7 Å². The fourth-order valence-corrected chi connectivity index (χ4v) is 5.07. The van der Waals surface area contributed by atoms with Crippen molar-refractivity contribution in [3.05, 3.63) is 71.8 Å². The number of rotatable bonds is 3. The first kappa shape index (κ1) is 21.8. The molecule has 31 heavy (non-hydrogen) atoms. The Labute approximate surface area is 185 Å². The smallest absolute Gasteiger partial charge is 0.410 e. The lowest BCUT2D eigenvalue weighted by molar-refractivity contribution is -0.0498. The number of amides is 1. The van der Waals surface area contributed by atoms with Gasteiger partial charge >= 0.3 is 6.09 Å². The predicted molar refractivity (Wildman–Crippen MR) is 122 cm³/mol. The van der Waals surface area contributed by atoms with Crippen LogP contribution in [0.1, 0.15) is 50.8 Å². The highest BCUT2D eigenvalue weighted by atomic mass is 16.6. The van der Waals surface area contributed by atoms with Gasteiger partial charge in [0.2, 0.25) is 0 Å². The van der Waals surface area contributed by atoms with E-state index in [0.29, 0.717) is 19.5 Å². The molecule has 2 heterocycles. The van der Waals surface area contributed by atoms with Gasteiger partial charge in [-0.15, -0.1) is 0 Å². The molecule has 2 aromatic carbocycles. The maximum atomic E-state index is 12.7. The van der Waals surface area contributed by atoms with Crippen molar-refractivity contribution in [1.82, 2.24) is 9.80 Å². The fraction of sp³-hybridized carbons (Fsp3) is 0.500. The average Bonchev–Trinajstić information content (AvgIpc) is 3.15. The molecule has 2 atom stereocenters. The molecule has 1 spiro atoms. The van der Waals surface area contributed by atoms with Gasteiger partial charge in [-0.25, -0.2) is 4.79 Å². The van der Waals surface area contributed by atoms with Crippen LogP contribution in [-0.4, -0.2) is 58.9 Å². The molecule has 2 aromatic rings. The van der Waals surface area contributed by atoms with Crippen LogP contribution in [0.4, 0.5) is 4.79 Å². The standard InChI is InChI=1S/C26H34N2O3/c1-25(2,3)31-24(30)28-16-14-22(29)26(19-28)15-17-27(18-26)23(20-10-6-4-7-11-20)21-12-8-5-9-13-21/h4-13,22-23,29H,14-19H2,1-3H3. The zero-order valence-corrected chi connectivity index (χ0v) is 18.8. The summed E-state index contributed by atoms with van der Waals surface area (Å²) in [7, 11) is 0. The van der Waals surface area contributed by atoms with Gasteiger partial charge in [-0.05, 0) is 51.3 Å². The average molecular weight is 423 g/mol. The lowest BCUT2D eigenvalue weighted by atomic mass is 9.76. The number of hydrogen-bond donors (Lipinski definition) is 1. The second-order valence-corrected chi connectivity index (χ2v) is 10.0. The van der Waals surface area contributed by atoms with Crippen molar-refractivity contribution in [2.24, 2.45) is 5.41 Å². The summed E-state index contributed by atoms with van der Waals surface area (Å²) in [5, 5.41) is 11.0. The van der Waals surface area contributed by atoms with E-state index in [-0.39, 0.29) is 17.6 Å². The van der Waals surface area contributed by atoms with Crippen LogP contribution in [0.3, 0.4) is 0 Å². The molecular weight excluding hydrogens is 388 g/mol. The molecule has 5 nitrogen and oxygen atoms in total.